The van der Waals surface area contributed by atoms with E-state index < -0.39 is 0 Å². The van der Waals surface area contributed by atoms with Crippen molar-refractivity contribution in [3.63, 3.8) is 0 Å². The fourth-order valence-corrected chi connectivity index (χ4v) is 3.17. The highest BCUT2D eigenvalue weighted by molar-refractivity contribution is 5.94. The van der Waals surface area contributed by atoms with Crippen LogP contribution < -0.4 is 5.32 Å². The zero-order valence-corrected chi connectivity index (χ0v) is 14.2. The Morgan fingerprint density at radius 2 is 1.81 bits per heavy atom. The van der Waals surface area contributed by atoms with E-state index in [9.17, 15) is 19.3 Å². The summed E-state index contributed by atoms with van der Waals surface area (Å²) in [6.45, 7) is 2.02. The smallest absolute Gasteiger partial charge is 0.273 e. The molecule has 0 unspecified atom stereocenters. The Bertz CT molecular complexity index is 787. The first-order valence-electron chi connectivity index (χ1n) is 8.54. The summed E-state index contributed by atoms with van der Waals surface area (Å²) in [5.41, 5.74) is 1.28. The van der Waals surface area contributed by atoms with Crippen molar-refractivity contribution < 1.29 is 14.1 Å². The highest BCUT2D eigenvalue weighted by Crippen LogP contribution is 2.21. The van der Waals surface area contributed by atoms with E-state index in [1.165, 1.54) is 30.3 Å². The van der Waals surface area contributed by atoms with Crippen LogP contribution in [-0.2, 0) is 6.54 Å². The van der Waals surface area contributed by atoms with E-state index in [4.69, 9.17) is 0 Å². The minimum absolute atomic E-state index is 0.0505. The van der Waals surface area contributed by atoms with Crippen molar-refractivity contribution >= 4 is 11.6 Å². The van der Waals surface area contributed by atoms with Gasteiger partial charge in [-0.3, -0.25) is 19.8 Å². The zero-order valence-electron chi connectivity index (χ0n) is 14.2. The molecule has 0 spiro atoms. The number of nitrogens with one attached hydrogen (secondary N) is 1. The number of amides is 1. The van der Waals surface area contributed by atoms with Crippen molar-refractivity contribution in [2.24, 2.45) is 0 Å². The van der Waals surface area contributed by atoms with Crippen LogP contribution in [0.25, 0.3) is 0 Å². The summed E-state index contributed by atoms with van der Waals surface area (Å²) in [4.78, 5) is 25.1. The fraction of sp³-hybridized carbons (Fsp3) is 0.316. The molecule has 2 aromatic rings. The monoisotopic (exact) mass is 357 g/mol. The summed E-state index contributed by atoms with van der Waals surface area (Å²) in [5.74, 6) is -0.577. The standard InChI is InChI=1S/C19H20FN3O3/c20-16-7-5-14(6-8-16)19(24)21-17-9-11-22(12-10-17)13-15-3-1-2-4-18(15)23(25)26/h1-8,17H,9-13H2,(H,21,24). The van der Waals surface area contributed by atoms with Gasteiger partial charge in [0.1, 0.15) is 5.82 Å². The van der Waals surface area contributed by atoms with Gasteiger partial charge in [0.15, 0.2) is 0 Å². The second-order valence-corrected chi connectivity index (χ2v) is 6.42. The predicted octanol–water partition coefficient (Wildman–Crippen LogP) is 3.13. The molecule has 0 bridgehead atoms. The first kappa shape index (κ1) is 18.0. The van der Waals surface area contributed by atoms with Crippen molar-refractivity contribution in [2.45, 2.75) is 25.4 Å². The molecule has 1 N–H and O–H groups in total. The van der Waals surface area contributed by atoms with Crippen LogP contribution in [0.15, 0.2) is 48.5 Å². The molecule has 0 radical (unpaired) electrons. The molecule has 1 fully saturated rings. The van der Waals surface area contributed by atoms with Crippen LogP contribution in [-0.4, -0.2) is 34.9 Å². The van der Waals surface area contributed by atoms with Gasteiger partial charge in [-0.2, -0.15) is 0 Å². The first-order valence-corrected chi connectivity index (χ1v) is 8.54. The number of hydrogen-bond donors (Lipinski definition) is 1. The topological polar surface area (TPSA) is 75.5 Å². The summed E-state index contributed by atoms with van der Waals surface area (Å²) < 4.78 is 12.9. The van der Waals surface area contributed by atoms with Crippen molar-refractivity contribution in [1.29, 1.82) is 0 Å². The van der Waals surface area contributed by atoms with E-state index >= 15 is 0 Å². The normalized spacial score (nSPS) is 15.6. The van der Waals surface area contributed by atoms with Crippen molar-refractivity contribution in [1.82, 2.24) is 10.2 Å². The quantitative estimate of drug-likeness (QED) is 0.659. The van der Waals surface area contributed by atoms with Crippen molar-refractivity contribution in [2.75, 3.05) is 13.1 Å². The fourth-order valence-electron chi connectivity index (χ4n) is 3.17. The Hall–Kier alpha value is -2.80. The van der Waals surface area contributed by atoms with Crippen LogP contribution in [0.5, 0.6) is 0 Å². The van der Waals surface area contributed by atoms with Gasteiger partial charge in [0.25, 0.3) is 11.6 Å². The van der Waals surface area contributed by atoms with Gasteiger partial charge in [0.2, 0.25) is 0 Å². The first-order chi connectivity index (χ1) is 12.5. The molecule has 1 heterocycles. The molecular formula is C19H20FN3O3. The summed E-state index contributed by atoms with van der Waals surface area (Å²) in [7, 11) is 0. The van der Waals surface area contributed by atoms with Crippen LogP contribution >= 0.6 is 0 Å². The lowest BCUT2D eigenvalue weighted by Gasteiger charge is -2.32. The predicted molar refractivity (Wildman–Crippen MR) is 95.3 cm³/mol. The molecule has 26 heavy (non-hydrogen) atoms. The maximum Gasteiger partial charge on any atom is 0.273 e. The minimum atomic E-state index is -0.370. The second kappa shape index (κ2) is 8.05. The third kappa shape index (κ3) is 4.43. The number of benzene rings is 2. The van der Waals surface area contributed by atoms with E-state index in [0.717, 1.165) is 25.9 Å². The average Bonchev–Trinajstić information content (AvgIpc) is 2.64. The Morgan fingerprint density at radius 1 is 1.15 bits per heavy atom. The van der Waals surface area contributed by atoms with Gasteiger partial charge in [0.05, 0.1) is 4.92 Å². The molecule has 0 saturated carbocycles. The number of nitro benzene ring substituents is 1. The molecule has 0 atom stereocenters. The molecule has 2 aromatic carbocycles. The van der Waals surface area contributed by atoms with Gasteiger partial charge >= 0.3 is 0 Å². The lowest BCUT2D eigenvalue weighted by molar-refractivity contribution is -0.385. The molecule has 0 aliphatic carbocycles. The number of carbonyl (C=O) groups excluding carboxylic acids is 1. The Kier molecular flexibility index (Phi) is 5.58. The molecule has 136 valence electrons. The lowest BCUT2D eigenvalue weighted by atomic mass is 10.0. The highest BCUT2D eigenvalue weighted by atomic mass is 19.1. The number of rotatable bonds is 5. The van der Waals surface area contributed by atoms with Crippen molar-refractivity contribution in [3.05, 3.63) is 75.6 Å². The van der Waals surface area contributed by atoms with Crippen molar-refractivity contribution in [3.8, 4) is 0 Å². The summed E-state index contributed by atoms with van der Waals surface area (Å²) in [5, 5.41) is 14.1. The van der Waals surface area contributed by atoms with Gasteiger partial charge in [-0.1, -0.05) is 18.2 Å². The number of halogens is 1. The van der Waals surface area contributed by atoms with Crippen LogP contribution in [0.2, 0.25) is 0 Å². The number of hydrogen-bond acceptors (Lipinski definition) is 4. The van der Waals surface area contributed by atoms with Gasteiger partial charge in [-0.25, -0.2) is 4.39 Å². The summed E-state index contributed by atoms with van der Waals surface area (Å²) in [6, 6.07) is 12.3. The number of para-hydroxylation sites is 1. The Balaban J connectivity index is 1.52. The zero-order chi connectivity index (χ0) is 18.5. The molecule has 1 amide bonds. The molecule has 1 aliphatic heterocycles. The molecular weight excluding hydrogens is 337 g/mol. The summed E-state index contributed by atoms with van der Waals surface area (Å²) in [6.07, 6.45) is 1.54. The second-order valence-electron chi connectivity index (χ2n) is 6.42. The van der Waals surface area contributed by atoms with E-state index in [-0.39, 0.29) is 28.4 Å². The van der Waals surface area contributed by atoms with Crippen LogP contribution in [0.1, 0.15) is 28.8 Å². The van der Waals surface area contributed by atoms with Gasteiger partial charge in [-0.15, -0.1) is 0 Å². The third-order valence-electron chi connectivity index (χ3n) is 4.61. The van der Waals surface area contributed by atoms with E-state index in [1.54, 1.807) is 18.2 Å². The number of nitrogens with zero attached hydrogens (tertiary/aromatic N) is 2. The number of piperidine rings is 1. The molecule has 0 aromatic heterocycles. The highest BCUT2D eigenvalue weighted by Gasteiger charge is 2.23. The summed E-state index contributed by atoms with van der Waals surface area (Å²) >= 11 is 0. The Labute approximate surface area is 150 Å². The largest absolute Gasteiger partial charge is 0.349 e. The van der Waals surface area contributed by atoms with Gasteiger partial charge in [0, 0.05) is 42.9 Å². The van der Waals surface area contributed by atoms with Crippen LogP contribution in [0.3, 0.4) is 0 Å². The van der Waals surface area contributed by atoms with Gasteiger partial charge < -0.3 is 5.32 Å². The van der Waals surface area contributed by atoms with E-state index in [2.05, 4.69) is 10.2 Å². The van der Waals surface area contributed by atoms with E-state index in [0.29, 0.717) is 17.7 Å². The molecule has 1 saturated heterocycles. The number of nitro groups is 1. The SMILES string of the molecule is O=C(NC1CCN(Cc2ccccc2[N+](=O)[O-])CC1)c1ccc(F)cc1. The molecule has 6 nitrogen and oxygen atoms in total. The molecule has 3 rings (SSSR count). The van der Waals surface area contributed by atoms with E-state index in [1.807, 2.05) is 0 Å². The molecule has 1 aliphatic rings. The van der Waals surface area contributed by atoms with Crippen LogP contribution in [0, 0.1) is 15.9 Å². The minimum Gasteiger partial charge on any atom is -0.349 e. The molecule has 7 heteroatoms. The maximum absolute atomic E-state index is 12.9. The van der Waals surface area contributed by atoms with Crippen LogP contribution in [0.4, 0.5) is 10.1 Å². The maximum atomic E-state index is 12.9. The average molecular weight is 357 g/mol. The lowest BCUT2D eigenvalue weighted by Crippen LogP contribution is -2.44. The Morgan fingerprint density at radius 3 is 2.46 bits per heavy atom. The number of likely N-dealkylation sites (tertiary alicyclic amines) is 1. The third-order valence-corrected chi connectivity index (χ3v) is 4.61. The van der Waals surface area contributed by atoms with Gasteiger partial charge in [-0.05, 0) is 37.1 Å². The number of carbonyl (C=O) groups is 1.